The zero-order valence-corrected chi connectivity index (χ0v) is 13.1. The molecule has 3 N–H and O–H groups in total. The van der Waals surface area contributed by atoms with Gasteiger partial charge in [-0.1, -0.05) is 0 Å². The van der Waals surface area contributed by atoms with E-state index < -0.39 is 12.0 Å². The number of alkyl carbamates (subject to hydrolysis) is 1. The lowest BCUT2D eigenvalue weighted by Gasteiger charge is -2.06. The van der Waals surface area contributed by atoms with Gasteiger partial charge in [0.1, 0.15) is 11.6 Å². The van der Waals surface area contributed by atoms with E-state index in [0.29, 0.717) is 45.9 Å². The number of ether oxygens (including phenoxy) is 2. The number of nitrogens with one attached hydrogen (secondary N) is 3. The molecule has 0 aliphatic rings. The summed E-state index contributed by atoms with van der Waals surface area (Å²) in [6.45, 7) is 6.28. The number of nitrogens with zero attached hydrogens (tertiary/aromatic N) is 1. The molecule has 0 aliphatic carbocycles. The van der Waals surface area contributed by atoms with E-state index in [4.69, 9.17) is 10.00 Å². The Morgan fingerprint density at radius 2 is 1.91 bits per heavy atom. The molecule has 124 valence electrons. The molecule has 0 aromatic heterocycles. The minimum atomic E-state index is -0.499. The number of carbonyl (C=O) groups is 2. The molecule has 0 unspecified atom stereocenters. The SMILES string of the molecule is CCOCCCNC(=O)/C(C#N)=C\NCCNC(=O)OCC. The van der Waals surface area contributed by atoms with E-state index in [-0.39, 0.29) is 5.57 Å². The Hall–Kier alpha value is -2.27. The molecule has 0 heterocycles. The lowest BCUT2D eigenvalue weighted by Crippen LogP contribution is -2.31. The van der Waals surface area contributed by atoms with Crippen molar-refractivity contribution in [3.05, 3.63) is 11.8 Å². The van der Waals surface area contributed by atoms with Crippen molar-refractivity contribution in [2.75, 3.05) is 39.5 Å². The largest absolute Gasteiger partial charge is 0.450 e. The van der Waals surface area contributed by atoms with Crippen molar-refractivity contribution in [1.29, 1.82) is 5.26 Å². The second-order valence-corrected chi connectivity index (χ2v) is 4.08. The van der Waals surface area contributed by atoms with Gasteiger partial charge in [0.05, 0.1) is 6.61 Å². The third kappa shape index (κ3) is 10.5. The molecule has 22 heavy (non-hydrogen) atoms. The Balaban J connectivity index is 3.89. The van der Waals surface area contributed by atoms with Gasteiger partial charge in [-0.2, -0.15) is 5.26 Å². The Labute approximate surface area is 130 Å². The predicted octanol–water partition coefficient (Wildman–Crippen LogP) is 0.272. The topological polar surface area (TPSA) is 112 Å². The van der Waals surface area contributed by atoms with Gasteiger partial charge in [0.2, 0.25) is 0 Å². The first-order valence-corrected chi connectivity index (χ1v) is 7.25. The zero-order valence-electron chi connectivity index (χ0n) is 13.1. The lowest BCUT2D eigenvalue weighted by molar-refractivity contribution is -0.117. The highest BCUT2D eigenvalue weighted by molar-refractivity contribution is 5.97. The third-order valence-corrected chi connectivity index (χ3v) is 2.38. The van der Waals surface area contributed by atoms with Gasteiger partial charge in [0, 0.05) is 39.0 Å². The molecular weight excluding hydrogens is 288 g/mol. The van der Waals surface area contributed by atoms with Crippen LogP contribution in [0.25, 0.3) is 0 Å². The number of amides is 2. The van der Waals surface area contributed by atoms with Gasteiger partial charge in [-0.15, -0.1) is 0 Å². The van der Waals surface area contributed by atoms with Crippen LogP contribution in [0.3, 0.4) is 0 Å². The zero-order chi connectivity index (χ0) is 16.6. The highest BCUT2D eigenvalue weighted by Crippen LogP contribution is 1.91. The Kier molecular flexibility index (Phi) is 12.3. The van der Waals surface area contributed by atoms with Crippen LogP contribution in [0.15, 0.2) is 11.8 Å². The van der Waals surface area contributed by atoms with E-state index >= 15 is 0 Å². The van der Waals surface area contributed by atoms with Crippen molar-refractivity contribution in [1.82, 2.24) is 16.0 Å². The molecule has 8 heteroatoms. The first-order valence-electron chi connectivity index (χ1n) is 7.25. The van der Waals surface area contributed by atoms with Gasteiger partial charge in [0.15, 0.2) is 0 Å². The van der Waals surface area contributed by atoms with Crippen LogP contribution in [0.4, 0.5) is 4.79 Å². The van der Waals surface area contributed by atoms with E-state index in [1.807, 2.05) is 13.0 Å². The summed E-state index contributed by atoms with van der Waals surface area (Å²) in [7, 11) is 0. The van der Waals surface area contributed by atoms with Crippen molar-refractivity contribution >= 4 is 12.0 Å². The second-order valence-electron chi connectivity index (χ2n) is 4.08. The van der Waals surface area contributed by atoms with Crippen LogP contribution in [0, 0.1) is 11.3 Å². The average molecular weight is 312 g/mol. The van der Waals surface area contributed by atoms with E-state index in [9.17, 15) is 9.59 Å². The smallest absolute Gasteiger partial charge is 0.407 e. The molecule has 8 nitrogen and oxygen atoms in total. The van der Waals surface area contributed by atoms with E-state index in [0.717, 1.165) is 0 Å². The second kappa shape index (κ2) is 13.7. The summed E-state index contributed by atoms with van der Waals surface area (Å²) in [5.74, 6) is -0.440. The highest BCUT2D eigenvalue weighted by atomic mass is 16.5. The van der Waals surface area contributed by atoms with Gasteiger partial charge in [0.25, 0.3) is 5.91 Å². The maximum Gasteiger partial charge on any atom is 0.407 e. The van der Waals surface area contributed by atoms with Gasteiger partial charge in [-0.25, -0.2) is 4.79 Å². The maximum atomic E-state index is 11.7. The summed E-state index contributed by atoms with van der Waals surface area (Å²) >= 11 is 0. The van der Waals surface area contributed by atoms with Gasteiger partial charge in [-0.3, -0.25) is 4.79 Å². The fraction of sp³-hybridized carbons (Fsp3) is 0.643. The van der Waals surface area contributed by atoms with Crippen molar-refractivity contribution < 1.29 is 19.1 Å². The number of hydrogen-bond acceptors (Lipinski definition) is 6. The molecule has 0 atom stereocenters. The summed E-state index contributed by atoms with van der Waals surface area (Å²) in [6, 6.07) is 1.82. The molecule has 0 spiro atoms. The van der Waals surface area contributed by atoms with Crippen molar-refractivity contribution in [3.8, 4) is 6.07 Å². The van der Waals surface area contributed by atoms with Crippen LogP contribution in [-0.4, -0.2) is 51.5 Å². The van der Waals surface area contributed by atoms with E-state index in [1.165, 1.54) is 6.20 Å². The van der Waals surface area contributed by atoms with Crippen molar-refractivity contribution in [2.24, 2.45) is 0 Å². The molecule has 0 rings (SSSR count). The molecule has 0 radical (unpaired) electrons. The summed E-state index contributed by atoms with van der Waals surface area (Å²) in [5.41, 5.74) is -0.0208. The number of carbonyl (C=O) groups excluding carboxylic acids is 2. The lowest BCUT2D eigenvalue weighted by atomic mass is 10.3. The van der Waals surface area contributed by atoms with E-state index in [1.54, 1.807) is 6.92 Å². The van der Waals surface area contributed by atoms with Gasteiger partial charge < -0.3 is 25.4 Å². The molecule has 0 saturated heterocycles. The molecule has 0 aliphatic heterocycles. The molecule has 0 aromatic rings. The van der Waals surface area contributed by atoms with Crippen LogP contribution in [0.5, 0.6) is 0 Å². The van der Waals surface area contributed by atoms with Crippen LogP contribution in [-0.2, 0) is 14.3 Å². The number of rotatable bonds is 11. The summed E-state index contributed by atoms with van der Waals surface area (Å²) in [4.78, 5) is 22.7. The summed E-state index contributed by atoms with van der Waals surface area (Å²) in [5, 5.41) is 16.8. The summed E-state index contributed by atoms with van der Waals surface area (Å²) in [6.07, 6.45) is 1.51. The van der Waals surface area contributed by atoms with Crippen LogP contribution < -0.4 is 16.0 Å². The Morgan fingerprint density at radius 1 is 1.14 bits per heavy atom. The highest BCUT2D eigenvalue weighted by Gasteiger charge is 2.07. The number of nitriles is 1. The molecule has 0 fully saturated rings. The van der Waals surface area contributed by atoms with Gasteiger partial charge >= 0.3 is 6.09 Å². The van der Waals surface area contributed by atoms with E-state index in [2.05, 4.69) is 20.7 Å². The third-order valence-electron chi connectivity index (χ3n) is 2.38. The predicted molar refractivity (Wildman–Crippen MR) is 80.8 cm³/mol. The normalized spacial score (nSPS) is 10.5. The molecule has 2 amide bonds. The van der Waals surface area contributed by atoms with Crippen molar-refractivity contribution in [2.45, 2.75) is 20.3 Å². The standard InChI is InChI=1S/C14H24N4O4/c1-3-21-9-5-6-17-13(19)12(10-15)11-16-7-8-18-14(20)22-4-2/h11,16H,3-9H2,1-2H3,(H,17,19)(H,18,20)/b12-11-. The quantitative estimate of drug-likeness (QED) is 0.287. The molecular formula is C14H24N4O4. The molecule has 0 bridgehead atoms. The van der Waals surface area contributed by atoms with Crippen LogP contribution in [0.2, 0.25) is 0 Å². The van der Waals surface area contributed by atoms with Crippen LogP contribution in [0.1, 0.15) is 20.3 Å². The summed E-state index contributed by atoms with van der Waals surface area (Å²) < 4.78 is 9.82. The fourth-order valence-electron chi connectivity index (χ4n) is 1.36. The molecule has 0 saturated carbocycles. The average Bonchev–Trinajstić information content (AvgIpc) is 2.50. The van der Waals surface area contributed by atoms with Gasteiger partial charge in [-0.05, 0) is 20.3 Å². The monoisotopic (exact) mass is 312 g/mol. The Morgan fingerprint density at radius 3 is 2.55 bits per heavy atom. The number of hydrogen-bond donors (Lipinski definition) is 3. The Bertz CT molecular complexity index is 404. The first kappa shape index (κ1) is 19.7. The first-order chi connectivity index (χ1) is 10.7. The van der Waals surface area contributed by atoms with Crippen molar-refractivity contribution in [3.63, 3.8) is 0 Å². The molecule has 0 aromatic carbocycles. The maximum absolute atomic E-state index is 11.7. The minimum Gasteiger partial charge on any atom is -0.450 e. The fourth-order valence-corrected chi connectivity index (χ4v) is 1.36. The van der Waals surface area contributed by atoms with Crippen LogP contribution >= 0.6 is 0 Å². The minimum absolute atomic E-state index is 0.0208.